The fourth-order valence-electron chi connectivity index (χ4n) is 5.69. The number of rotatable bonds is 28. The fraction of sp³-hybridized carbons (Fsp3) is 0.697. The molecule has 2 aromatic rings. The first-order valence-electron chi connectivity index (χ1n) is 19.3. The van der Waals surface area contributed by atoms with Gasteiger partial charge >= 0.3 is 23.5 Å². The topological polar surface area (TPSA) is 364 Å². The maximum Gasteiger partial charge on any atom is 0.481 e. The van der Waals surface area contributed by atoms with E-state index >= 15 is 0 Å². The first kappa shape index (κ1) is 52.6. The van der Waals surface area contributed by atoms with Crippen LogP contribution in [0.15, 0.2) is 24.8 Å². The number of aliphatic hydroxyl groups is 2. The number of phosphoric ester groups is 3. The van der Waals surface area contributed by atoms with Gasteiger partial charge in [0.05, 0.1) is 19.5 Å². The summed E-state index contributed by atoms with van der Waals surface area (Å²) in [7, 11) is -16.4. The number of fused-ring (bicyclic) bond motifs is 1. The molecule has 7 atom stereocenters. The van der Waals surface area contributed by atoms with E-state index in [4.69, 9.17) is 19.5 Å². The minimum Gasteiger partial charge on any atom is -0.386 e. The second kappa shape index (κ2) is 24.4. The molecule has 2 amide bonds. The molecule has 3 rings (SSSR count). The van der Waals surface area contributed by atoms with Gasteiger partial charge in [0.2, 0.25) is 11.8 Å². The van der Waals surface area contributed by atoms with Crippen LogP contribution in [0.3, 0.4) is 0 Å². The number of hydrogen-bond acceptors (Lipinski definition) is 18. The Kier molecular flexibility index (Phi) is 21.0. The first-order valence-corrected chi connectivity index (χ1v) is 24.8. The highest BCUT2D eigenvalue weighted by molar-refractivity contribution is 8.13. The summed E-state index contributed by atoms with van der Waals surface area (Å²) in [5.41, 5.74) is 4.27. The van der Waals surface area contributed by atoms with E-state index in [9.17, 15) is 57.9 Å². The molecule has 4 unspecified atom stereocenters. The van der Waals surface area contributed by atoms with Crippen molar-refractivity contribution in [1.29, 1.82) is 0 Å². The number of carbonyl (C=O) groups is 3. The number of ether oxygens (including phenoxy) is 1. The summed E-state index contributed by atoms with van der Waals surface area (Å²) in [4.78, 5) is 87.9. The van der Waals surface area contributed by atoms with Gasteiger partial charge in [-0.05, 0) is 12.8 Å². The van der Waals surface area contributed by atoms with Gasteiger partial charge in [-0.2, -0.15) is 4.31 Å². The number of nitrogens with zero attached hydrogens (tertiary/aromatic N) is 4. The molecule has 61 heavy (non-hydrogen) atoms. The SMILES string of the molecule is CCCCCCCC/C=C\CC(=O)SCCNC(=O)CCNC(=O)C(O)C(C)(C)COP(=O)(O)OP(=O)(O)OC[C@H]1OC(n2cnc3c(N)ncnc32)[C@H](O)[C@@H]1OP(=O)(O)O. The molecule has 0 radical (unpaired) electrons. The van der Waals surface area contributed by atoms with Gasteiger partial charge in [0.15, 0.2) is 22.8 Å². The third kappa shape index (κ3) is 18.1. The van der Waals surface area contributed by atoms with Crippen LogP contribution >= 0.6 is 35.2 Å². The van der Waals surface area contributed by atoms with E-state index in [2.05, 4.69) is 41.3 Å². The number of imidazole rings is 1. The van der Waals surface area contributed by atoms with Crippen LogP contribution in [0.5, 0.6) is 0 Å². The van der Waals surface area contributed by atoms with E-state index in [1.807, 2.05) is 12.2 Å². The van der Waals surface area contributed by atoms with Crippen LogP contribution in [0.2, 0.25) is 0 Å². The molecule has 1 fully saturated rings. The number of aliphatic hydroxyl groups excluding tert-OH is 2. The third-order valence-electron chi connectivity index (χ3n) is 8.94. The Morgan fingerprint density at radius 3 is 2.39 bits per heavy atom. The van der Waals surface area contributed by atoms with Crippen molar-refractivity contribution in [1.82, 2.24) is 30.2 Å². The Balaban J connectivity index is 1.40. The van der Waals surface area contributed by atoms with Crippen LogP contribution < -0.4 is 16.4 Å². The molecule has 28 heteroatoms. The quantitative estimate of drug-likeness (QED) is 0.0336. The summed E-state index contributed by atoms with van der Waals surface area (Å²) >= 11 is 1.10. The summed E-state index contributed by atoms with van der Waals surface area (Å²) in [5, 5.41) is 26.5. The molecule has 1 saturated heterocycles. The number of thioether (sulfide) groups is 1. The molecule has 0 saturated carbocycles. The number of phosphoric acid groups is 3. The predicted octanol–water partition coefficient (Wildman–Crippen LogP) is 2.36. The number of hydrogen-bond donors (Lipinski definition) is 9. The van der Waals surface area contributed by atoms with Gasteiger partial charge < -0.3 is 50.9 Å². The molecule has 24 nitrogen and oxygen atoms in total. The Morgan fingerprint density at radius 2 is 1.69 bits per heavy atom. The summed E-state index contributed by atoms with van der Waals surface area (Å²) in [6.45, 7) is 2.70. The average molecular weight is 948 g/mol. The number of nitrogens with one attached hydrogen (secondary N) is 2. The van der Waals surface area contributed by atoms with Gasteiger partial charge in [-0.15, -0.1) is 0 Å². The van der Waals surface area contributed by atoms with E-state index in [1.165, 1.54) is 46.0 Å². The number of nitrogen functional groups attached to an aromatic ring is 1. The zero-order chi connectivity index (χ0) is 45.4. The molecule has 0 bridgehead atoms. The van der Waals surface area contributed by atoms with Crippen LogP contribution in [-0.4, -0.2) is 123 Å². The van der Waals surface area contributed by atoms with Crippen molar-refractivity contribution in [2.75, 3.05) is 37.8 Å². The highest BCUT2D eigenvalue weighted by Gasteiger charge is 2.50. The van der Waals surface area contributed by atoms with Crippen LogP contribution in [-0.2, 0) is 50.7 Å². The van der Waals surface area contributed by atoms with Gasteiger partial charge in [0, 0.05) is 37.1 Å². The lowest BCUT2D eigenvalue weighted by molar-refractivity contribution is -0.137. The van der Waals surface area contributed by atoms with Crippen molar-refractivity contribution in [2.24, 2.45) is 5.41 Å². The number of unbranched alkanes of at least 4 members (excludes halogenated alkanes) is 6. The minimum absolute atomic E-state index is 0.0228. The van der Waals surface area contributed by atoms with Crippen LogP contribution in [0.1, 0.15) is 84.8 Å². The zero-order valence-corrected chi connectivity index (χ0v) is 37.4. The van der Waals surface area contributed by atoms with Crippen molar-refractivity contribution in [2.45, 2.75) is 109 Å². The van der Waals surface area contributed by atoms with Gasteiger partial charge in [-0.25, -0.2) is 28.6 Å². The van der Waals surface area contributed by atoms with Crippen molar-refractivity contribution < 1.29 is 80.5 Å². The normalized spacial score (nSPS) is 21.0. The van der Waals surface area contributed by atoms with Crippen molar-refractivity contribution >= 4 is 69.1 Å². The van der Waals surface area contributed by atoms with Crippen molar-refractivity contribution in [3.8, 4) is 0 Å². The lowest BCUT2D eigenvalue weighted by Crippen LogP contribution is -2.46. The van der Waals surface area contributed by atoms with E-state index in [0.29, 0.717) is 12.2 Å². The molecule has 1 aliphatic rings. The summed E-state index contributed by atoms with van der Waals surface area (Å²) in [6.07, 6.45) is 5.42. The average Bonchev–Trinajstić information content (AvgIpc) is 3.73. The maximum absolute atomic E-state index is 12.7. The van der Waals surface area contributed by atoms with E-state index in [0.717, 1.165) is 41.8 Å². The van der Waals surface area contributed by atoms with E-state index < -0.39 is 84.6 Å². The highest BCUT2D eigenvalue weighted by Crippen LogP contribution is 2.61. The standard InChI is InChI=1S/C33H56N7O17P3S/c1-4-5-6-7-8-9-10-11-12-13-24(42)61-17-16-35-23(41)14-15-36-31(45)28(44)33(2,3)19-54-60(51,52)57-59(49,50)53-18-22-27(56-58(46,47)48)26(43)32(55-22)40-21-39-25-29(34)37-20-38-30(25)40/h11-12,20-22,26-28,32,43-44H,4-10,13-19H2,1-3H3,(H,35,41)(H,36,45)(H,49,50)(H,51,52)(H2,34,37,38)(H2,46,47,48)/b12-11-/t22-,26-,27-,28?,32?/m1/s1. The molecule has 0 aliphatic carbocycles. The lowest BCUT2D eigenvalue weighted by Gasteiger charge is -2.30. The number of allylic oxidation sites excluding steroid dienone is 2. The van der Waals surface area contributed by atoms with E-state index in [1.54, 1.807) is 0 Å². The monoisotopic (exact) mass is 947 g/mol. The second-order valence-electron chi connectivity index (χ2n) is 14.5. The Bertz CT molecular complexity index is 1940. The number of carbonyl (C=O) groups excluding carboxylic acids is 3. The first-order chi connectivity index (χ1) is 28.6. The van der Waals surface area contributed by atoms with Crippen molar-refractivity contribution in [3.63, 3.8) is 0 Å². The molecular formula is C33H56N7O17P3S. The number of nitrogens with two attached hydrogens (primary N) is 1. The maximum atomic E-state index is 12.7. The molecule has 0 aromatic carbocycles. The molecule has 0 spiro atoms. The summed E-state index contributed by atoms with van der Waals surface area (Å²) in [5.74, 6) is -1.08. The van der Waals surface area contributed by atoms with Crippen molar-refractivity contribution in [3.05, 3.63) is 24.8 Å². The second-order valence-corrected chi connectivity index (χ2v) is 19.9. The van der Waals surface area contributed by atoms with Crippen LogP contribution in [0, 0.1) is 5.41 Å². The Hall–Kier alpha value is -2.70. The summed E-state index contributed by atoms with van der Waals surface area (Å²) < 4.78 is 62.3. The number of anilines is 1. The molecule has 10 N–H and O–H groups in total. The van der Waals surface area contributed by atoms with Gasteiger partial charge in [0.25, 0.3) is 0 Å². The summed E-state index contributed by atoms with van der Waals surface area (Å²) in [6, 6.07) is 0. The highest BCUT2D eigenvalue weighted by atomic mass is 32.2. The number of aromatic nitrogens is 4. The molecule has 346 valence electrons. The predicted molar refractivity (Wildman–Crippen MR) is 219 cm³/mol. The molecule has 1 aliphatic heterocycles. The lowest BCUT2D eigenvalue weighted by atomic mass is 9.87. The van der Waals surface area contributed by atoms with E-state index in [-0.39, 0.29) is 41.6 Å². The third-order valence-corrected chi connectivity index (χ3v) is 12.9. The van der Waals surface area contributed by atoms with Crippen LogP contribution in [0.25, 0.3) is 11.2 Å². The smallest absolute Gasteiger partial charge is 0.386 e. The van der Waals surface area contributed by atoms with Crippen LogP contribution in [0.4, 0.5) is 5.82 Å². The zero-order valence-electron chi connectivity index (χ0n) is 33.9. The minimum atomic E-state index is -5.57. The van der Waals surface area contributed by atoms with Gasteiger partial charge in [-0.1, -0.05) is 76.8 Å². The molecular weight excluding hydrogens is 891 g/mol. The molecule has 2 aromatic heterocycles. The Morgan fingerprint density at radius 1 is 1.00 bits per heavy atom. The number of amides is 2. The van der Waals surface area contributed by atoms with Gasteiger partial charge in [0.1, 0.15) is 36.3 Å². The van der Waals surface area contributed by atoms with Gasteiger partial charge in [-0.3, -0.25) is 32.5 Å². The molecule has 3 heterocycles. The largest absolute Gasteiger partial charge is 0.481 e. The Labute approximate surface area is 356 Å². The fourth-order valence-corrected chi connectivity index (χ4v) is 9.17.